The minimum Gasteiger partial charge on any atom is -0.467 e. The van der Waals surface area contributed by atoms with E-state index < -0.39 is 5.50 Å². The van der Waals surface area contributed by atoms with Crippen molar-refractivity contribution in [2.75, 3.05) is 4.90 Å². The third-order valence-corrected chi connectivity index (χ3v) is 10.8. The number of nitrogens with one attached hydrogen (secondary N) is 2. The molecule has 1 aliphatic heterocycles. The molecule has 2 atom stereocenters. The molecule has 8 rings (SSSR count). The number of para-hydroxylation sites is 2. The summed E-state index contributed by atoms with van der Waals surface area (Å²) in [6.45, 7) is 0.629. The highest BCUT2D eigenvalue weighted by Gasteiger charge is 2.35. The van der Waals surface area contributed by atoms with Crippen LogP contribution in [-0.2, 0) is 25.9 Å². The number of urea groups is 1. The molecule has 2 aliphatic rings. The van der Waals surface area contributed by atoms with Crippen LogP contribution in [0.3, 0.4) is 0 Å². The molecule has 0 saturated heterocycles. The van der Waals surface area contributed by atoms with Crippen molar-refractivity contribution in [3.05, 3.63) is 136 Å². The van der Waals surface area contributed by atoms with Gasteiger partial charge >= 0.3 is 6.03 Å². The molecule has 1 aromatic heterocycles. The van der Waals surface area contributed by atoms with Crippen LogP contribution in [0.25, 0.3) is 21.5 Å². The van der Waals surface area contributed by atoms with Crippen molar-refractivity contribution >= 4 is 62.3 Å². The normalized spacial score (nSPS) is 17.2. The van der Waals surface area contributed by atoms with Gasteiger partial charge in [0.05, 0.1) is 29.2 Å². The zero-order valence-electron chi connectivity index (χ0n) is 25.1. The van der Waals surface area contributed by atoms with Crippen LogP contribution in [0, 0.1) is 0 Å². The molecule has 2 amide bonds. The Bertz CT molecular complexity index is 2110. The van der Waals surface area contributed by atoms with Crippen LogP contribution < -0.4 is 21.3 Å². The van der Waals surface area contributed by atoms with Gasteiger partial charge in [-0.2, -0.15) is 0 Å². The molecule has 0 fully saturated rings. The number of nitrogens with zero attached hydrogens (tertiary/aromatic N) is 1. The molecule has 8 heteroatoms. The zero-order valence-corrected chi connectivity index (χ0v) is 26.7. The lowest BCUT2D eigenvalue weighted by Crippen LogP contribution is -2.46. The largest absolute Gasteiger partial charge is 0.467 e. The minimum atomic E-state index is -0.402. The second-order valence-corrected chi connectivity index (χ2v) is 13.4. The van der Waals surface area contributed by atoms with Crippen molar-refractivity contribution in [1.82, 2.24) is 10.6 Å². The topological polar surface area (TPSA) is 83.5 Å². The monoisotopic (exact) mass is 644 g/mol. The molecule has 0 radical (unpaired) electrons. The molecule has 4 N–H and O–H groups in total. The fourth-order valence-corrected chi connectivity index (χ4v) is 8.66. The van der Waals surface area contributed by atoms with Crippen LogP contribution in [0.4, 0.5) is 16.2 Å². The lowest BCUT2D eigenvalue weighted by Gasteiger charge is -2.30. The molecule has 6 aromatic rings. The van der Waals surface area contributed by atoms with E-state index in [0.717, 1.165) is 52.4 Å². The first-order valence-corrected chi connectivity index (χ1v) is 16.9. The average molecular weight is 645 g/mol. The minimum absolute atomic E-state index is 0.285. The first-order valence-electron chi connectivity index (χ1n) is 15.6. The number of hydrogen-bond donors (Lipinski definition) is 3. The summed E-state index contributed by atoms with van der Waals surface area (Å²) < 4.78 is 5.94. The van der Waals surface area contributed by atoms with Gasteiger partial charge in [-0.25, -0.2) is 4.79 Å². The molecular formula is C38H33ClN4O2S. The number of aryl methyl sites for hydroxylation is 1. The first-order chi connectivity index (χ1) is 22.6. The third-order valence-electron chi connectivity index (χ3n) is 9.36. The Morgan fingerprint density at radius 2 is 1.78 bits per heavy atom. The quantitative estimate of drug-likeness (QED) is 0.158. The number of hydrogen-bond acceptors (Lipinski definition) is 5. The Morgan fingerprint density at radius 3 is 2.70 bits per heavy atom. The number of amides is 2. The molecule has 1 aliphatic carbocycles. The van der Waals surface area contributed by atoms with E-state index in [9.17, 15) is 4.79 Å². The van der Waals surface area contributed by atoms with Gasteiger partial charge in [0.2, 0.25) is 0 Å². The number of furan rings is 1. The Balaban J connectivity index is 0.982. The second kappa shape index (κ2) is 12.1. The lowest BCUT2D eigenvalue weighted by molar-refractivity contribution is 0.239. The van der Waals surface area contributed by atoms with Gasteiger partial charge < -0.3 is 25.7 Å². The average Bonchev–Trinajstić information content (AvgIpc) is 3.71. The van der Waals surface area contributed by atoms with Crippen molar-refractivity contribution in [2.24, 2.45) is 5.73 Å². The van der Waals surface area contributed by atoms with E-state index in [1.54, 1.807) is 18.0 Å². The summed E-state index contributed by atoms with van der Waals surface area (Å²) in [6.07, 6.45) is 4.73. The third kappa shape index (κ3) is 5.09. The predicted octanol–water partition coefficient (Wildman–Crippen LogP) is 9.00. The Hall–Kier alpha value is -4.43. The van der Waals surface area contributed by atoms with E-state index in [2.05, 4.69) is 70.1 Å². The number of benzene rings is 5. The first kappa shape index (κ1) is 29.0. The summed E-state index contributed by atoms with van der Waals surface area (Å²) in [5.74, 6) is 1.13. The van der Waals surface area contributed by atoms with E-state index in [4.69, 9.17) is 21.8 Å². The van der Waals surface area contributed by atoms with Gasteiger partial charge in [-0.1, -0.05) is 96.2 Å². The van der Waals surface area contributed by atoms with E-state index >= 15 is 0 Å². The summed E-state index contributed by atoms with van der Waals surface area (Å²) >= 11 is 8.28. The molecule has 6 nitrogen and oxygen atoms in total. The van der Waals surface area contributed by atoms with Gasteiger partial charge in [-0.05, 0) is 93.2 Å². The number of carbonyl (C=O) groups excluding carboxylic acids is 1. The Morgan fingerprint density at radius 1 is 0.935 bits per heavy atom. The second-order valence-electron chi connectivity index (χ2n) is 11.9. The molecule has 0 spiro atoms. The SMILES string of the molecule is NCc1cccc(Cl)c1N1c2ccccc2SC1NC(=O)NCc1occc1C1CCc2c(ccc3c2ccc2ccccc23)C1. The van der Waals surface area contributed by atoms with Crippen LogP contribution in [0.2, 0.25) is 5.02 Å². The number of rotatable bonds is 6. The number of carbonyl (C=O) groups is 1. The van der Waals surface area contributed by atoms with Gasteiger partial charge in [-0.3, -0.25) is 0 Å². The van der Waals surface area contributed by atoms with Crippen LogP contribution >= 0.6 is 23.4 Å². The van der Waals surface area contributed by atoms with Crippen LogP contribution in [-0.4, -0.2) is 11.5 Å². The number of nitrogens with two attached hydrogens (primary N) is 1. The fraction of sp³-hybridized carbons (Fsp3) is 0.184. The smallest absolute Gasteiger partial charge is 0.317 e. The van der Waals surface area contributed by atoms with Crippen molar-refractivity contribution in [1.29, 1.82) is 0 Å². The summed E-state index contributed by atoms with van der Waals surface area (Å²) in [5, 5.41) is 12.1. The molecule has 2 heterocycles. The van der Waals surface area contributed by atoms with Crippen molar-refractivity contribution < 1.29 is 9.21 Å². The summed E-state index contributed by atoms with van der Waals surface area (Å²) in [7, 11) is 0. The van der Waals surface area contributed by atoms with Crippen molar-refractivity contribution in [3.8, 4) is 0 Å². The van der Waals surface area contributed by atoms with Crippen LogP contribution in [0.5, 0.6) is 0 Å². The fourth-order valence-electron chi connectivity index (χ4n) is 7.20. The molecule has 46 heavy (non-hydrogen) atoms. The maximum atomic E-state index is 13.4. The molecule has 2 unspecified atom stereocenters. The van der Waals surface area contributed by atoms with Gasteiger partial charge in [0.1, 0.15) is 5.76 Å². The number of fused-ring (bicyclic) bond motifs is 6. The number of halogens is 1. The number of anilines is 2. The maximum absolute atomic E-state index is 13.4. The standard InChI is InChI=1S/C38H33ClN4O2S/c39-32-9-5-7-26(21-40)36(32)43-33-10-3-4-11-35(33)46-38(43)42-37(44)41-22-34-29(18-19-45-34)25-13-15-28-24(20-25)14-17-30-27-8-2-1-6-23(27)12-16-31(28)30/h1-12,14,16-19,25,38H,13,15,20-22,40H2,(H2,41,42,44). The zero-order chi connectivity index (χ0) is 31.2. The highest BCUT2D eigenvalue weighted by molar-refractivity contribution is 8.00. The molecule has 5 aromatic carbocycles. The van der Waals surface area contributed by atoms with E-state index in [0.29, 0.717) is 24.0 Å². The van der Waals surface area contributed by atoms with Gasteiger partial charge in [0, 0.05) is 11.4 Å². The van der Waals surface area contributed by atoms with Crippen molar-refractivity contribution in [2.45, 2.75) is 48.7 Å². The van der Waals surface area contributed by atoms with Gasteiger partial charge in [0.15, 0.2) is 5.50 Å². The van der Waals surface area contributed by atoms with E-state index in [-0.39, 0.29) is 6.03 Å². The molecule has 0 bridgehead atoms. The van der Waals surface area contributed by atoms with Gasteiger partial charge in [0.25, 0.3) is 0 Å². The number of thioether (sulfide) groups is 1. The van der Waals surface area contributed by atoms with Crippen molar-refractivity contribution in [3.63, 3.8) is 0 Å². The molecule has 230 valence electrons. The summed E-state index contributed by atoms with van der Waals surface area (Å²) in [5.41, 5.74) is 12.4. The summed E-state index contributed by atoms with van der Waals surface area (Å²) in [4.78, 5) is 16.5. The Labute approximate surface area is 276 Å². The maximum Gasteiger partial charge on any atom is 0.317 e. The highest BCUT2D eigenvalue weighted by Crippen LogP contribution is 2.49. The summed E-state index contributed by atoms with van der Waals surface area (Å²) in [6, 6.07) is 33.3. The molecular weight excluding hydrogens is 612 g/mol. The van der Waals surface area contributed by atoms with E-state index in [1.807, 2.05) is 42.5 Å². The van der Waals surface area contributed by atoms with Gasteiger partial charge in [-0.15, -0.1) is 0 Å². The van der Waals surface area contributed by atoms with Crippen LogP contribution in [0.1, 0.15) is 40.4 Å². The van der Waals surface area contributed by atoms with Crippen LogP contribution in [0.15, 0.2) is 113 Å². The highest BCUT2D eigenvalue weighted by atomic mass is 35.5. The lowest BCUT2D eigenvalue weighted by atomic mass is 9.78. The van der Waals surface area contributed by atoms with E-state index in [1.165, 1.54) is 32.7 Å². The Kier molecular flexibility index (Phi) is 7.61. The molecule has 0 saturated carbocycles. The predicted molar refractivity (Wildman–Crippen MR) is 188 cm³/mol.